The summed E-state index contributed by atoms with van der Waals surface area (Å²) >= 11 is 0. The van der Waals surface area contributed by atoms with E-state index < -0.39 is 0 Å². The molecule has 1 amide bonds. The SMILES string of the molecule is CN1C(=O)C(=C(c2ccccc2)c2ccccc2)c2ccccc21. The summed E-state index contributed by atoms with van der Waals surface area (Å²) in [5.74, 6) is 0.0407. The van der Waals surface area contributed by atoms with Gasteiger partial charge in [0.1, 0.15) is 0 Å². The molecule has 0 aliphatic carbocycles. The molecule has 0 bridgehead atoms. The molecule has 2 nitrogen and oxygen atoms in total. The predicted octanol–water partition coefficient (Wildman–Crippen LogP) is 4.62. The third-order valence-electron chi connectivity index (χ3n) is 4.43. The van der Waals surface area contributed by atoms with Gasteiger partial charge in [0.2, 0.25) is 0 Å². The number of amides is 1. The van der Waals surface area contributed by atoms with Gasteiger partial charge in [0.25, 0.3) is 5.91 Å². The average molecular weight is 311 g/mol. The second-order valence-electron chi connectivity index (χ2n) is 5.86. The van der Waals surface area contributed by atoms with Crippen molar-refractivity contribution >= 4 is 22.7 Å². The second-order valence-corrected chi connectivity index (χ2v) is 5.86. The van der Waals surface area contributed by atoms with Crippen LogP contribution in [0.4, 0.5) is 5.69 Å². The highest BCUT2D eigenvalue weighted by atomic mass is 16.2. The van der Waals surface area contributed by atoms with Crippen LogP contribution in [0.2, 0.25) is 0 Å². The Morgan fingerprint density at radius 1 is 0.708 bits per heavy atom. The van der Waals surface area contributed by atoms with Gasteiger partial charge in [-0.05, 0) is 17.2 Å². The lowest BCUT2D eigenvalue weighted by molar-refractivity contribution is -0.112. The number of likely N-dealkylation sites (N-methyl/N-ethyl adjacent to an activating group) is 1. The number of fused-ring (bicyclic) bond motifs is 1. The maximum atomic E-state index is 13.0. The maximum Gasteiger partial charge on any atom is 0.259 e. The highest BCUT2D eigenvalue weighted by molar-refractivity contribution is 6.38. The number of anilines is 1. The van der Waals surface area contributed by atoms with Gasteiger partial charge in [0.15, 0.2) is 0 Å². The topological polar surface area (TPSA) is 20.3 Å². The highest BCUT2D eigenvalue weighted by Crippen LogP contribution is 2.42. The van der Waals surface area contributed by atoms with Gasteiger partial charge >= 0.3 is 0 Å². The Hall–Kier alpha value is -3.13. The third-order valence-corrected chi connectivity index (χ3v) is 4.43. The molecule has 0 N–H and O–H groups in total. The third kappa shape index (κ3) is 2.24. The number of carbonyl (C=O) groups is 1. The van der Waals surface area contributed by atoms with Crippen molar-refractivity contribution in [3.8, 4) is 0 Å². The molecule has 0 unspecified atom stereocenters. The zero-order chi connectivity index (χ0) is 16.5. The lowest BCUT2D eigenvalue weighted by atomic mass is 9.90. The van der Waals surface area contributed by atoms with Crippen molar-refractivity contribution in [3.05, 3.63) is 102 Å². The van der Waals surface area contributed by atoms with Crippen LogP contribution in [0.5, 0.6) is 0 Å². The summed E-state index contributed by atoms with van der Waals surface area (Å²) < 4.78 is 0. The minimum Gasteiger partial charge on any atom is -0.311 e. The fourth-order valence-electron chi connectivity index (χ4n) is 3.28. The van der Waals surface area contributed by atoms with Crippen LogP contribution in [0.1, 0.15) is 16.7 Å². The molecule has 24 heavy (non-hydrogen) atoms. The Bertz CT molecular complexity index is 885. The molecule has 1 aliphatic heterocycles. The van der Waals surface area contributed by atoms with Gasteiger partial charge in [-0.3, -0.25) is 4.79 Å². The molecule has 3 aromatic carbocycles. The summed E-state index contributed by atoms with van der Waals surface area (Å²) in [6.45, 7) is 0. The molecule has 0 saturated heterocycles. The Kier molecular flexibility index (Phi) is 3.51. The number of nitrogens with zero attached hydrogens (tertiary/aromatic N) is 1. The first kappa shape index (κ1) is 14.5. The van der Waals surface area contributed by atoms with E-state index in [1.54, 1.807) is 4.90 Å². The molecule has 0 atom stereocenters. The molecule has 1 heterocycles. The van der Waals surface area contributed by atoms with E-state index in [-0.39, 0.29) is 5.91 Å². The lowest BCUT2D eigenvalue weighted by Crippen LogP contribution is -2.20. The molecule has 1 aliphatic rings. The van der Waals surface area contributed by atoms with Crippen molar-refractivity contribution in [2.75, 3.05) is 11.9 Å². The monoisotopic (exact) mass is 311 g/mol. The van der Waals surface area contributed by atoms with E-state index in [4.69, 9.17) is 0 Å². The Labute approximate surface area is 141 Å². The minimum absolute atomic E-state index is 0.0407. The van der Waals surface area contributed by atoms with Gasteiger partial charge < -0.3 is 4.90 Å². The van der Waals surface area contributed by atoms with Crippen molar-refractivity contribution in [1.29, 1.82) is 0 Å². The van der Waals surface area contributed by atoms with E-state index in [9.17, 15) is 4.79 Å². The first-order valence-corrected chi connectivity index (χ1v) is 8.00. The van der Waals surface area contributed by atoms with Crippen LogP contribution in [0.15, 0.2) is 84.9 Å². The predicted molar refractivity (Wildman–Crippen MR) is 98.7 cm³/mol. The number of hydrogen-bond acceptors (Lipinski definition) is 1. The van der Waals surface area contributed by atoms with Gasteiger partial charge in [0.05, 0.1) is 11.3 Å². The number of benzene rings is 3. The molecule has 4 rings (SSSR count). The van der Waals surface area contributed by atoms with Crippen LogP contribution in [0.3, 0.4) is 0 Å². The Morgan fingerprint density at radius 2 is 1.21 bits per heavy atom. The van der Waals surface area contributed by atoms with E-state index in [0.717, 1.165) is 33.5 Å². The van der Waals surface area contributed by atoms with E-state index in [1.165, 1.54) is 0 Å². The zero-order valence-corrected chi connectivity index (χ0v) is 13.4. The number of hydrogen-bond donors (Lipinski definition) is 0. The lowest BCUT2D eigenvalue weighted by Gasteiger charge is -2.13. The van der Waals surface area contributed by atoms with E-state index >= 15 is 0 Å². The first-order valence-electron chi connectivity index (χ1n) is 8.00. The highest BCUT2D eigenvalue weighted by Gasteiger charge is 2.32. The molecule has 0 fully saturated rings. The van der Waals surface area contributed by atoms with E-state index in [2.05, 4.69) is 24.3 Å². The molecule has 0 saturated carbocycles. The molecule has 0 aromatic heterocycles. The molecule has 2 heteroatoms. The standard InChI is InChI=1S/C22H17NO/c1-23-19-15-9-8-14-18(19)21(22(23)24)20(16-10-4-2-5-11-16)17-12-6-3-7-13-17/h2-15H,1H3. The Morgan fingerprint density at radius 3 is 1.79 bits per heavy atom. The molecule has 0 spiro atoms. The summed E-state index contributed by atoms with van der Waals surface area (Å²) in [4.78, 5) is 14.8. The summed E-state index contributed by atoms with van der Waals surface area (Å²) in [5, 5.41) is 0. The normalized spacial score (nSPS) is 13.1. The second kappa shape index (κ2) is 5.82. The molecular formula is C22H17NO. The quantitative estimate of drug-likeness (QED) is 0.632. The van der Waals surface area contributed by atoms with Crippen LogP contribution in [-0.2, 0) is 4.79 Å². The maximum absolute atomic E-state index is 13.0. The van der Waals surface area contributed by atoms with E-state index in [0.29, 0.717) is 0 Å². The van der Waals surface area contributed by atoms with Gasteiger partial charge in [-0.25, -0.2) is 0 Å². The summed E-state index contributed by atoms with van der Waals surface area (Å²) in [5.41, 5.74) is 5.81. The van der Waals surface area contributed by atoms with Crippen LogP contribution in [0.25, 0.3) is 11.1 Å². The van der Waals surface area contributed by atoms with E-state index in [1.807, 2.05) is 67.7 Å². The zero-order valence-electron chi connectivity index (χ0n) is 13.4. The largest absolute Gasteiger partial charge is 0.311 e. The number of carbonyl (C=O) groups excluding carboxylic acids is 1. The van der Waals surface area contributed by atoms with Gasteiger partial charge in [0, 0.05) is 18.2 Å². The van der Waals surface area contributed by atoms with Crippen LogP contribution < -0.4 is 4.90 Å². The molecule has 116 valence electrons. The van der Waals surface area contributed by atoms with Crippen molar-refractivity contribution in [2.45, 2.75) is 0 Å². The fourth-order valence-corrected chi connectivity index (χ4v) is 3.28. The van der Waals surface area contributed by atoms with Crippen LogP contribution in [-0.4, -0.2) is 13.0 Å². The molecular weight excluding hydrogens is 294 g/mol. The van der Waals surface area contributed by atoms with Crippen molar-refractivity contribution in [2.24, 2.45) is 0 Å². The summed E-state index contributed by atoms with van der Waals surface area (Å²) in [6, 6.07) is 28.2. The van der Waals surface area contributed by atoms with Crippen molar-refractivity contribution in [3.63, 3.8) is 0 Å². The smallest absolute Gasteiger partial charge is 0.259 e. The minimum atomic E-state index is 0.0407. The van der Waals surface area contributed by atoms with Gasteiger partial charge in [-0.15, -0.1) is 0 Å². The van der Waals surface area contributed by atoms with Crippen LogP contribution in [0, 0.1) is 0 Å². The Balaban J connectivity index is 2.07. The average Bonchev–Trinajstić information content (AvgIpc) is 2.90. The van der Waals surface area contributed by atoms with Crippen LogP contribution >= 0.6 is 0 Å². The summed E-state index contributed by atoms with van der Waals surface area (Å²) in [6.07, 6.45) is 0. The first-order chi connectivity index (χ1) is 11.8. The van der Waals surface area contributed by atoms with Gasteiger partial charge in [-0.1, -0.05) is 78.9 Å². The van der Waals surface area contributed by atoms with Crippen molar-refractivity contribution in [1.82, 2.24) is 0 Å². The molecule has 0 radical (unpaired) electrons. The summed E-state index contributed by atoms with van der Waals surface area (Å²) in [7, 11) is 1.84. The van der Waals surface area contributed by atoms with Gasteiger partial charge in [-0.2, -0.15) is 0 Å². The number of rotatable bonds is 2. The molecule has 3 aromatic rings. The fraction of sp³-hybridized carbons (Fsp3) is 0.0455. The number of para-hydroxylation sites is 1. The van der Waals surface area contributed by atoms with Crippen molar-refractivity contribution < 1.29 is 4.79 Å².